The summed E-state index contributed by atoms with van der Waals surface area (Å²) in [5.41, 5.74) is 6.57. The summed E-state index contributed by atoms with van der Waals surface area (Å²) in [5.74, 6) is -0.714. The molecule has 0 radical (unpaired) electrons. The van der Waals surface area contributed by atoms with Crippen LogP contribution in [0.25, 0.3) is 0 Å². The zero-order chi connectivity index (χ0) is 14.9. The van der Waals surface area contributed by atoms with Crippen molar-refractivity contribution in [1.82, 2.24) is 0 Å². The fourth-order valence-corrected chi connectivity index (χ4v) is 3.96. The van der Waals surface area contributed by atoms with Gasteiger partial charge in [0.15, 0.2) is 0 Å². The Hall–Kier alpha value is -1.37. The van der Waals surface area contributed by atoms with Crippen LogP contribution < -0.4 is 11.1 Å². The minimum Gasteiger partial charge on any atom is -0.365 e. The van der Waals surface area contributed by atoms with Crippen LogP contribution in [0.15, 0.2) is 12.1 Å². The molecule has 0 spiro atoms. The van der Waals surface area contributed by atoms with Crippen molar-refractivity contribution in [1.29, 1.82) is 0 Å². The molecule has 2 rings (SSSR count). The molecule has 0 fully saturated rings. The molecular formula is C13H13ClN2O2S2. The Morgan fingerprint density at radius 3 is 2.55 bits per heavy atom. The van der Waals surface area contributed by atoms with Crippen molar-refractivity contribution in [3.05, 3.63) is 37.4 Å². The maximum atomic E-state index is 12.0. The summed E-state index contributed by atoms with van der Waals surface area (Å²) in [4.78, 5) is 25.3. The molecule has 2 amide bonds. The van der Waals surface area contributed by atoms with Gasteiger partial charge in [-0.2, -0.15) is 0 Å². The first-order valence-corrected chi connectivity index (χ1v) is 7.83. The molecule has 20 heavy (non-hydrogen) atoms. The highest BCUT2D eigenvalue weighted by atomic mass is 35.5. The number of hydrogen-bond acceptors (Lipinski definition) is 4. The Labute approximate surface area is 129 Å². The molecule has 0 aliphatic heterocycles. The number of amides is 2. The van der Waals surface area contributed by atoms with Gasteiger partial charge in [-0.3, -0.25) is 9.59 Å². The number of aryl methyl sites for hydroxylation is 1. The van der Waals surface area contributed by atoms with E-state index in [0.717, 1.165) is 15.3 Å². The maximum Gasteiger partial charge on any atom is 0.251 e. The highest BCUT2D eigenvalue weighted by molar-refractivity contribution is 7.17. The zero-order valence-corrected chi connectivity index (χ0v) is 13.3. The number of halogens is 1. The van der Waals surface area contributed by atoms with Crippen LogP contribution in [0.3, 0.4) is 0 Å². The highest BCUT2D eigenvalue weighted by Crippen LogP contribution is 2.32. The van der Waals surface area contributed by atoms with E-state index in [4.69, 9.17) is 17.3 Å². The van der Waals surface area contributed by atoms with Crippen LogP contribution in [-0.2, 0) is 11.2 Å². The van der Waals surface area contributed by atoms with E-state index in [-0.39, 0.29) is 12.3 Å². The lowest BCUT2D eigenvalue weighted by molar-refractivity contribution is -0.115. The number of rotatable bonds is 4. The number of carbonyl (C=O) groups is 2. The average molecular weight is 329 g/mol. The maximum absolute atomic E-state index is 12.0. The van der Waals surface area contributed by atoms with E-state index in [0.29, 0.717) is 14.9 Å². The molecule has 0 aliphatic carbocycles. The van der Waals surface area contributed by atoms with Gasteiger partial charge in [-0.25, -0.2) is 0 Å². The second-order valence-corrected chi connectivity index (χ2v) is 7.31. The Morgan fingerprint density at radius 1 is 1.30 bits per heavy atom. The summed E-state index contributed by atoms with van der Waals surface area (Å²) >= 11 is 8.54. The van der Waals surface area contributed by atoms with Crippen LogP contribution in [0.1, 0.15) is 25.7 Å². The molecule has 2 heterocycles. The molecular weight excluding hydrogens is 316 g/mol. The molecule has 7 heteroatoms. The van der Waals surface area contributed by atoms with Crippen molar-refractivity contribution in [3.8, 4) is 0 Å². The van der Waals surface area contributed by atoms with E-state index in [2.05, 4.69) is 5.32 Å². The summed E-state index contributed by atoms with van der Waals surface area (Å²) in [7, 11) is 0. The predicted octanol–water partition coefficient (Wildman–Crippen LogP) is 3.36. The molecule has 0 aliphatic rings. The third-order valence-electron chi connectivity index (χ3n) is 2.85. The van der Waals surface area contributed by atoms with Crippen LogP contribution in [0.2, 0.25) is 4.34 Å². The standard InChI is InChI=1S/C13H13ClN2O2S2/c1-6-7(2)19-13(11(6)12(15)18)16-10(17)5-8-3-4-9(14)20-8/h3-4H,5H2,1-2H3,(H2,15,18)(H,16,17). The smallest absolute Gasteiger partial charge is 0.251 e. The van der Waals surface area contributed by atoms with Crippen LogP contribution in [0, 0.1) is 13.8 Å². The first-order chi connectivity index (χ1) is 9.38. The summed E-state index contributed by atoms with van der Waals surface area (Å²) < 4.78 is 0.647. The van der Waals surface area contributed by atoms with E-state index >= 15 is 0 Å². The van der Waals surface area contributed by atoms with Crippen molar-refractivity contribution >= 4 is 51.1 Å². The molecule has 0 bridgehead atoms. The Kier molecular flexibility index (Phi) is 4.47. The number of hydrogen-bond donors (Lipinski definition) is 2. The van der Waals surface area contributed by atoms with Gasteiger partial charge in [-0.15, -0.1) is 22.7 Å². The number of primary amides is 1. The van der Waals surface area contributed by atoms with Gasteiger partial charge in [0.05, 0.1) is 16.3 Å². The van der Waals surface area contributed by atoms with Gasteiger partial charge in [-0.1, -0.05) is 11.6 Å². The fourth-order valence-electron chi connectivity index (χ4n) is 1.79. The van der Waals surface area contributed by atoms with Crippen molar-refractivity contribution in [2.75, 3.05) is 5.32 Å². The van der Waals surface area contributed by atoms with E-state index in [1.807, 2.05) is 19.9 Å². The summed E-state index contributed by atoms with van der Waals surface area (Å²) in [6.45, 7) is 3.71. The number of nitrogens with one attached hydrogen (secondary N) is 1. The highest BCUT2D eigenvalue weighted by Gasteiger charge is 2.19. The van der Waals surface area contributed by atoms with Crippen molar-refractivity contribution < 1.29 is 9.59 Å². The van der Waals surface area contributed by atoms with Gasteiger partial charge in [0.1, 0.15) is 5.00 Å². The van der Waals surface area contributed by atoms with Crippen LogP contribution in [0.4, 0.5) is 5.00 Å². The van der Waals surface area contributed by atoms with Crippen molar-refractivity contribution in [2.24, 2.45) is 5.73 Å². The molecule has 0 aromatic carbocycles. The van der Waals surface area contributed by atoms with Crippen LogP contribution in [0.5, 0.6) is 0 Å². The van der Waals surface area contributed by atoms with Gasteiger partial charge in [-0.05, 0) is 31.5 Å². The molecule has 3 N–H and O–H groups in total. The third-order valence-corrected chi connectivity index (χ3v) is 5.20. The minimum atomic E-state index is -0.527. The first-order valence-electron chi connectivity index (χ1n) is 5.82. The van der Waals surface area contributed by atoms with E-state index < -0.39 is 5.91 Å². The van der Waals surface area contributed by atoms with Crippen LogP contribution in [-0.4, -0.2) is 11.8 Å². The number of nitrogens with two attached hydrogens (primary N) is 1. The zero-order valence-electron chi connectivity index (χ0n) is 11.0. The van der Waals surface area contributed by atoms with Gasteiger partial charge in [0.25, 0.3) is 5.91 Å². The molecule has 2 aromatic rings. The Balaban J connectivity index is 2.16. The minimum absolute atomic E-state index is 0.188. The van der Waals surface area contributed by atoms with Gasteiger partial charge in [0.2, 0.25) is 5.91 Å². The largest absolute Gasteiger partial charge is 0.365 e. The SMILES string of the molecule is Cc1sc(NC(=O)Cc2ccc(Cl)s2)c(C(N)=O)c1C. The quantitative estimate of drug-likeness (QED) is 0.903. The number of thiophene rings is 2. The lowest BCUT2D eigenvalue weighted by Crippen LogP contribution is -2.18. The number of carbonyl (C=O) groups excluding carboxylic acids is 2. The molecule has 2 aromatic heterocycles. The Bertz CT molecular complexity index is 676. The fraction of sp³-hybridized carbons (Fsp3) is 0.231. The predicted molar refractivity (Wildman–Crippen MR) is 84.0 cm³/mol. The lowest BCUT2D eigenvalue weighted by Gasteiger charge is -2.04. The molecule has 0 atom stereocenters. The van der Waals surface area contributed by atoms with Crippen molar-refractivity contribution in [3.63, 3.8) is 0 Å². The van der Waals surface area contributed by atoms with Gasteiger partial charge < -0.3 is 11.1 Å². The molecule has 0 saturated carbocycles. The van der Waals surface area contributed by atoms with E-state index in [9.17, 15) is 9.59 Å². The van der Waals surface area contributed by atoms with Gasteiger partial charge >= 0.3 is 0 Å². The molecule has 106 valence electrons. The summed E-state index contributed by atoms with van der Waals surface area (Å²) in [5, 5.41) is 3.27. The third kappa shape index (κ3) is 3.20. The summed E-state index contributed by atoms with van der Waals surface area (Å²) in [6.07, 6.45) is 0.228. The monoisotopic (exact) mass is 328 g/mol. The first kappa shape index (κ1) is 15.0. The van der Waals surface area contributed by atoms with E-state index in [1.165, 1.54) is 22.7 Å². The second-order valence-electron chi connectivity index (χ2n) is 4.28. The van der Waals surface area contributed by atoms with Crippen molar-refractivity contribution in [2.45, 2.75) is 20.3 Å². The molecule has 0 saturated heterocycles. The summed E-state index contributed by atoms with van der Waals surface area (Å²) in [6, 6.07) is 3.57. The average Bonchev–Trinajstić information content (AvgIpc) is 2.84. The topological polar surface area (TPSA) is 72.2 Å². The Morgan fingerprint density at radius 2 is 2.00 bits per heavy atom. The molecule has 4 nitrogen and oxygen atoms in total. The molecule has 0 unspecified atom stereocenters. The van der Waals surface area contributed by atoms with Crippen LogP contribution >= 0.6 is 34.3 Å². The van der Waals surface area contributed by atoms with Gasteiger partial charge in [0, 0.05) is 9.75 Å². The van der Waals surface area contributed by atoms with E-state index in [1.54, 1.807) is 6.07 Å². The number of anilines is 1. The lowest BCUT2D eigenvalue weighted by atomic mass is 10.1. The second kappa shape index (κ2) is 5.95. The normalized spacial score (nSPS) is 10.6.